The highest BCUT2D eigenvalue weighted by atomic mass is 16.4. The SMILES string of the molecule is O=C(O)CC1CCC(c2ccc(-c3ccc4c(c3)N(C(=O)Cc3ccccc3)CCN4)cc2)CC1. The Morgan fingerprint density at radius 2 is 1.60 bits per heavy atom. The Kier molecular flexibility index (Phi) is 6.84. The summed E-state index contributed by atoms with van der Waals surface area (Å²) >= 11 is 0. The van der Waals surface area contributed by atoms with Crippen LogP contribution in [0.5, 0.6) is 0 Å². The standard InChI is InChI=1S/C30H32N2O3/c33-29(18-21-4-2-1-3-5-21)32-17-16-31-27-15-14-26(20-28(27)32)25-12-10-24(11-13-25)23-8-6-22(7-9-23)19-30(34)35/h1-5,10-15,20,22-23,31H,6-9,16-19H2,(H,34,35). The molecule has 5 nitrogen and oxygen atoms in total. The quantitative estimate of drug-likeness (QED) is 0.458. The number of aliphatic carboxylic acids is 1. The van der Waals surface area contributed by atoms with Gasteiger partial charge in [-0.15, -0.1) is 0 Å². The number of anilines is 2. The zero-order chi connectivity index (χ0) is 24.2. The van der Waals surface area contributed by atoms with Crippen molar-refractivity contribution in [3.8, 4) is 11.1 Å². The van der Waals surface area contributed by atoms with Crippen LogP contribution in [-0.2, 0) is 16.0 Å². The predicted octanol–water partition coefficient (Wildman–Crippen LogP) is 6.10. The molecule has 0 unspecified atom stereocenters. The smallest absolute Gasteiger partial charge is 0.303 e. The molecule has 3 aromatic carbocycles. The van der Waals surface area contributed by atoms with Gasteiger partial charge < -0.3 is 15.3 Å². The van der Waals surface area contributed by atoms with Crippen LogP contribution in [0.4, 0.5) is 11.4 Å². The molecule has 0 aromatic heterocycles. The van der Waals surface area contributed by atoms with Crippen molar-refractivity contribution in [1.29, 1.82) is 0 Å². The highest BCUT2D eigenvalue weighted by Crippen LogP contribution is 2.38. The van der Waals surface area contributed by atoms with Gasteiger partial charge in [-0.1, -0.05) is 60.7 Å². The van der Waals surface area contributed by atoms with E-state index in [0.29, 0.717) is 31.2 Å². The van der Waals surface area contributed by atoms with Crippen LogP contribution in [-0.4, -0.2) is 30.1 Å². The number of amides is 1. The Labute approximate surface area is 206 Å². The lowest BCUT2D eigenvalue weighted by Gasteiger charge is -2.31. The number of carbonyl (C=O) groups excluding carboxylic acids is 1. The fourth-order valence-electron chi connectivity index (χ4n) is 5.53. The average Bonchev–Trinajstić information content (AvgIpc) is 2.89. The van der Waals surface area contributed by atoms with Gasteiger partial charge in [0, 0.05) is 19.5 Å². The van der Waals surface area contributed by atoms with Crippen LogP contribution in [0.2, 0.25) is 0 Å². The Morgan fingerprint density at radius 3 is 2.31 bits per heavy atom. The highest BCUT2D eigenvalue weighted by molar-refractivity contribution is 5.99. The molecule has 1 heterocycles. The van der Waals surface area contributed by atoms with Crippen molar-refractivity contribution in [2.45, 2.75) is 44.4 Å². The van der Waals surface area contributed by atoms with E-state index in [9.17, 15) is 9.59 Å². The summed E-state index contributed by atoms with van der Waals surface area (Å²) in [6.45, 7) is 1.40. The van der Waals surface area contributed by atoms with Gasteiger partial charge in [0.25, 0.3) is 0 Å². The summed E-state index contributed by atoms with van der Waals surface area (Å²) in [5.41, 5.74) is 6.54. The molecule has 0 atom stereocenters. The molecule has 1 aliphatic heterocycles. The largest absolute Gasteiger partial charge is 0.481 e. The van der Waals surface area contributed by atoms with Gasteiger partial charge in [-0.3, -0.25) is 9.59 Å². The van der Waals surface area contributed by atoms with Crippen LogP contribution in [0, 0.1) is 5.92 Å². The van der Waals surface area contributed by atoms with Crippen molar-refractivity contribution >= 4 is 23.3 Å². The molecule has 3 aromatic rings. The van der Waals surface area contributed by atoms with Crippen molar-refractivity contribution in [3.63, 3.8) is 0 Å². The summed E-state index contributed by atoms with van der Waals surface area (Å²) in [6.07, 6.45) is 4.78. The lowest BCUT2D eigenvalue weighted by atomic mass is 9.77. The Bertz CT molecular complexity index is 1180. The zero-order valence-corrected chi connectivity index (χ0v) is 20.0. The van der Waals surface area contributed by atoms with Gasteiger partial charge in [-0.25, -0.2) is 0 Å². The van der Waals surface area contributed by atoms with E-state index in [2.05, 4.69) is 47.8 Å². The minimum atomic E-state index is -0.682. The third-order valence-electron chi connectivity index (χ3n) is 7.46. The van der Waals surface area contributed by atoms with Crippen LogP contribution in [0.15, 0.2) is 72.8 Å². The van der Waals surface area contributed by atoms with Crippen molar-refractivity contribution < 1.29 is 14.7 Å². The maximum absolute atomic E-state index is 13.1. The predicted molar refractivity (Wildman–Crippen MR) is 140 cm³/mol. The number of hydrogen-bond donors (Lipinski definition) is 2. The monoisotopic (exact) mass is 468 g/mol. The molecule has 2 aliphatic rings. The Hall–Kier alpha value is -3.60. The van der Waals surface area contributed by atoms with Gasteiger partial charge in [0.15, 0.2) is 0 Å². The second kappa shape index (κ2) is 10.3. The van der Waals surface area contributed by atoms with E-state index in [1.54, 1.807) is 0 Å². The van der Waals surface area contributed by atoms with Gasteiger partial charge >= 0.3 is 5.97 Å². The van der Waals surface area contributed by atoms with E-state index in [1.807, 2.05) is 35.2 Å². The topological polar surface area (TPSA) is 69.6 Å². The maximum atomic E-state index is 13.1. The first kappa shape index (κ1) is 23.2. The first-order valence-electron chi connectivity index (χ1n) is 12.6. The summed E-state index contributed by atoms with van der Waals surface area (Å²) in [4.78, 5) is 26.0. The van der Waals surface area contributed by atoms with Gasteiger partial charge in [-0.05, 0) is 71.9 Å². The molecule has 180 valence electrons. The molecule has 1 aliphatic carbocycles. The van der Waals surface area contributed by atoms with Gasteiger partial charge in [0.1, 0.15) is 0 Å². The summed E-state index contributed by atoms with van der Waals surface area (Å²) in [5, 5.41) is 12.5. The maximum Gasteiger partial charge on any atom is 0.303 e. The number of carbonyl (C=O) groups is 2. The van der Waals surface area contributed by atoms with Gasteiger partial charge in [0.05, 0.1) is 17.8 Å². The Balaban J connectivity index is 1.30. The summed E-state index contributed by atoms with van der Waals surface area (Å²) in [6, 6.07) is 25.0. The number of carboxylic acid groups (broad SMARTS) is 1. The molecule has 5 heteroatoms. The molecule has 1 amide bonds. The molecule has 2 N–H and O–H groups in total. The summed E-state index contributed by atoms with van der Waals surface area (Å²) in [5.74, 6) is 0.260. The van der Waals surface area contributed by atoms with Gasteiger partial charge in [-0.2, -0.15) is 0 Å². The van der Waals surface area contributed by atoms with Crippen LogP contribution in [0.3, 0.4) is 0 Å². The van der Waals surface area contributed by atoms with Crippen molar-refractivity contribution in [1.82, 2.24) is 0 Å². The summed E-state index contributed by atoms with van der Waals surface area (Å²) in [7, 11) is 0. The molecular weight excluding hydrogens is 436 g/mol. The number of rotatable bonds is 6. The van der Waals surface area contributed by atoms with Gasteiger partial charge in [0.2, 0.25) is 5.91 Å². The van der Waals surface area contributed by atoms with Crippen LogP contribution in [0.25, 0.3) is 11.1 Å². The molecule has 0 spiro atoms. The van der Waals surface area contributed by atoms with Crippen LogP contribution in [0.1, 0.15) is 49.1 Å². The van der Waals surface area contributed by atoms with E-state index in [4.69, 9.17) is 5.11 Å². The van der Waals surface area contributed by atoms with Crippen LogP contribution >= 0.6 is 0 Å². The average molecular weight is 469 g/mol. The van der Waals surface area contributed by atoms with Crippen molar-refractivity contribution in [3.05, 3.63) is 83.9 Å². The molecule has 1 fully saturated rings. The molecule has 0 bridgehead atoms. The molecule has 35 heavy (non-hydrogen) atoms. The number of carboxylic acids is 1. The molecular formula is C30H32N2O3. The zero-order valence-electron chi connectivity index (χ0n) is 20.0. The normalized spacial score (nSPS) is 19.5. The highest BCUT2D eigenvalue weighted by Gasteiger charge is 2.25. The van der Waals surface area contributed by atoms with E-state index < -0.39 is 5.97 Å². The third-order valence-corrected chi connectivity index (χ3v) is 7.46. The van der Waals surface area contributed by atoms with E-state index in [0.717, 1.165) is 60.3 Å². The fraction of sp³-hybridized carbons (Fsp3) is 0.333. The summed E-state index contributed by atoms with van der Waals surface area (Å²) < 4.78 is 0. The van der Waals surface area contributed by atoms with Crippen molar-refractivity contribution in [2.24, 2.45) is 5.92 Å². The third kappa shape index (κ3) is 5.40. The van der Waals surface area contributed by atoms with Crippen molar-refractivity contribution in [2.75, 3.05) is 23.3 Å². The number of nitrogens with one attached hydrogen (secondary N) is 1. The second-order valence-electron chi connectivity index (χ2n) is 9.80. The minimum absolute atomic E-state index is 0.116. The minimum Gasteiger partial charge on any atom is -0.481 e. The van der Waals surface area contributed by atoms with E-state index >= 15 is 0 Å². The number of fused-ring (bicyclic) bond motifs is 1. The number of hydrogen-bond acceptors (Lipinski definition) is 3. The van der Waals surface area contributed by atoms with E-state index in [1.165, 1.54) is 5.56 Å². The second-order valence-corrected chi connectivity index (χ2v) is 9.80. The lowest BCUT2D eigenvalue weighted by molar-refractivity contribution is -0.138. The van der Waals surface area contributed by atoms with Crippen LogP contribution < -0.4 is 10.2 Å². The Morgan fingerprint density at radius 1 is 0.886 bits per heavy atom. The molecule has 0 radical (unpaired) electrons. The first-order chi connectivity index (χ1) is 17.1. The number of nitrogens with zero attached hydrogens (tertiary/aromatic N) is 1. The van der Waals surface area contributed by atoms with E-state index in [-0.39, 0.29) is 5.91 Å². The number of benzene rings is 3. The lowest BCUT2D eigenvalue weighted by Crippen LogP contribution is -2.39. The molecule has 0 saturated heterocycles. The molecule has 5 rings (SSSR count). The molecule has 1 saturated carbocycles. The first-order valence-corrected chi connectivity index (χ1v) is 12.6. The fourth-order valence-corrected chi connectivity index (χ4v) is 5.53.